The van der Waals surface area contributed by atoms with Gasteiger partial charge in [-0.3, -0.25) is 4.79 Å². The minimum Gasteiger partial charge on any atom is -0.497 e. The molecule has 136 valence electrons. The third kappa shape index (κ3) is 5.28. The normalized spacial score (nSPS) is 19.1. The van der Waals surface area contributed by atoms with Gasteiger partial charge in [0.05, 0.1) is 14.2 Å². The maximum atomic E-state index is 12.6. The van der Waals surface area contributed by atoms with Crippen LogP contribution in [-0.2, 0) is 0 Å². The SMILES string of the molecule is COc1cc(OC)cc(C(=O)NC2CC(C)(C)NC(C)(C)C2)c1.Cl. The third-order valence-corrected chi connectivity index (χ3v) is 4.14. The quantitative estimate of drug-likeness (QED) is 0.870. The molecule has 2 N–H and O–H groups in total. The lowest BCUT2D eigenvalue weighted by Gasteiger charge is -2.46. The highest BCUT2D eigenvalue weighted by Gasteiger charge is 2.38. The molecule has 0 bridgehead atoms. The minimum atomic E-state index is -0.0966. The predicted molar refractivity (Wildman–Crippen MR) is 98.6 cm³/mol. The van der Waals surface area contributed by atoms with E-state index in [-0.39, 0.29) is 35.4 Å². The van der Waals surface area contributed by atoms with Crippen LogP contribution in [0.4, 0.5) is 0 Å². The van der Waals surface area contributed by atoms with Gasteiger partial charge in [0.15, 0.2) is 0 Å². The van der Waals surface area contributed by atoms with E-state index >= 15 is 0 Å². The van der Waals surface area contributed by atoms with Crippen LogP contribution in [0.2, 0.25) is 0 Å². The summed E-state index contributed by atoms with van der Waals surface area (Å²) < 4.78 is 10.5. The first-order chi connectivity index (χ1) is 10.6. The maximum Gasteiger partial charge on any atom is 0.251 e. The summed E-state index contributed by atoms with van der Waals surface area (Å²) >= 11 is 0. The summed E-state index contributed by atoms with van der Waals surface area (Å²) in [5.41, 5.74) is 0.535. The van der Waals surface area contributed by atoms with Crippen molar-refractivity contribution in [2.45, 2.75) is 57.7 Å². The maximum absolute atomic E-state index is 12.6. The number of carbonyl (C=O) groups excluding carboxylic acids is 1. The van der Waals surface area contributed by atoms with E-state index in [1.807, 2.05) is 0 Å². The van der Waals surface area contributed by atoms with Gasteiger partial charge in [-0.05, 0) is 52.7 Å². The summed E-state index contributed by atoms with van der Waals surface area (Å²) in [5, 5.41) is 6.78. The van der Waals surface area contributed by atoms with E-state index in [2.05, 4.69) is 38.3 Å². The van der Waals surface area contributed by atoms with Gasteiger partial charge in [0.1, 0.15) is 11.5 Å². The second kappa shape index (κ2) is 7.62. The summed E-state index contributed by atoms with van der Waals surface area (Å²) in [6, 6.07) is 5.35. The van der Waals surface area contributed by atoms with Gasteiger partial charge in [-0.1, -0.05) is 0 Å². The van der Waals surface area contributed by atoms with Crippen molar-refractivity contribution in [1.29, 1.82) is 0 Å². The minimum absolute atomic E-state index is 0. The Morgan fingerprint density at radius 1 is 1.04 bits per heavy atom. The van der Waals surface area contributed by atoms with Crippen molar-refractivity contribution in [3.05, 3.63) is 23.8 Å². The highest BCUT2D eigenvalue weighted by molar-refractivity contribution is 5.95. The lowest BCUT2D eigenvalue weighted by molar-refractivity contribution is 0.0872. The molecule has 1 aromatic carbocycles. The molecule has 6 heteroatoms. The first-order valence-corrected chi connectivity index (χ1v) is 7.97. The number of halogens is 1. The van der Waals surface area contributed by atoms with Crippen molar-refractivity contribution in [1.82, 2.24) is 10.6 Å². The highest BCUT2D eigenvalue weighted by Crippen LogP contribution is 2.29. The van der Waals surface area contributed by atoms with Crippen LogP contribution in [0.15, 0.2) is 18.2 Å². The molecule has 1 fully saturated rings. The standard InChI is InChI=1S/C18H28N2O3.ClH/c1-17(2)10-13(11-18(3,4)20-17)19-16(21)12-7-14(22-5)9-15(8-12)23-6;/h7-9,13,20H,10-11H2,1-6H3,(H,19,21);1H. The van der Waals surface area contributed by atoms with Crippen molar-refractivity contribution in [2.24, 2.45) is 0 Å². The second-order valence-electron chi connectivity index (χ2n) is 7.57. The molecule has 0 spiro atoms. The number of hydrogen-bond donors (Lipinski definition) is 2. The summed E-state index contributed by atoms with van der Waals surface area (Å²) in [4.78, 5) is 12.6. The summed E-state index contributed by atoms with van der Waals surface area (Å²) in [6.07, 6.45) is 1.78. The molecule has 0 aliphatic carbocycles. The van der Waals surface area contributed by atoms with Crippen LogP contribution in [-0.4, -0.2) is 37.2 Å². The first-order valence-electron chi connectivity index (χ1n) is 7.97. The fourth-order valence-electron chi connectivity index (χ4n) is 3.63. The molecule has 1 heterocycles. The van der Waals surface area contributed by atoms with Crippen molar-refractivity contribution in [3.8, 4) is 11.5 Å². The highest BCUT2D eigenvalue weighted by atomic mass is 35.5. The van der Waals surface area contributed by atoms with Gasteiger partial charge in [-0.25, -0.2) is 0 Å². The molecule has 1 aliphatic heterocycles. The van der Waals surface area contributed by atoms with E-state index in [1.54, 1.807) is 32.4 Å². The molecule has 1 saturated heterocycles. The van der Waals surface area contributed by atoms with Gasteiger partial charge >= 0.3 is 0 Å². The Bertz CT molecular complexity index is 549. The molecule has 0 radical (unpaired) electrons. The van der Waals surface area contributed by atoms with Gasteiger partial charge in [0.25, 0.3) is 5.91 Å². The third-order valence-electron chi connectivity index (χ3n) is 4.14. The van der Waals surface area contributed by atoms with E-state index in [4.69, 9.17) is 9.47 Å². The Morgan fingerprint density at radius 2 is 1.50 bits per heavy atom. The molecule has 1 aliphatic rings. The number of nitrogens with one attached hydrogen (secondary N) is 2. The fraction of sp³-hybridized carbons (Fsp3) is 0.611. The smallest absolute Gasteiger partial charge is 0.251 e. The van der Waals surface area contributed by atoms with Gasteiger partial charge in [0, 0.05) is 28.7 Å². The molecule has 2 rings (SSSR count). The van der Waals surface area contributed by atoms with E-state index in [0.717, 1.165) is 12.8 Å². The number of hydrogen-bond acceptors (Lipinski definition) is 4. The van der Waals surface area contributed by atoms with E-state index in [0.29, 0.717) is 17.1 Å². The van der Waals surface area contributed by atoms with Crippen LogP contribution < -0.4 is 20.1 Å². The second-order valence-corrected chi connectivity index (χ2v) is 7.57. The summed E-state index contributed by atoms with van der Waals surface area (Å²) in [7, 11) is 3.16. The molecular weight excluding hydrogens is 328 g/mol. The average Bonchev–Trinajstić information content (AvgIpc) is 2.43. The monoisotopic (exact) mass is 356 g/mol. The van der Waals surface area contributed by atoms with Gasteiger partial charge in [0.2, 0.25) is 0 Å². The van der Waals surface area contributed by atoms with Gasteiger partial charge < -0.3 is 20.1 Å². The first kappa shape index (κ1) is 20.6. The number of piperidine rings is 1. The van der Waals surface area contributed by atoms with Crippen LogP contribution >= 0.6 is 12.4 Å². The number of benzene rings is 1. The lowest BCUT2D eigenvalue weighted by Crippen LogP contribution is -2.62. The van der Waals surface area contributed by atoms with Crippen LogP contribution in [0, 0.1) is 0 Å². The van der Waals surface area contributed by atoms with E-state index < -0.39 is 0 Å². The van der Waals surface area contributed by atoms with Crippen molar-refractivity contribution < 1.29 is 14.3 Å². The van der Waals surface area contributed by atoms with Crippen LogP contribution in [0.25, 0.3) is 0 Å². The zero-order valence-electron chi connectivity index (χ0n) is 15.4. The molecule has 0 aromatic heterocycles. The fourth-order valence-corrected chi connectivity index (χ4v) is 3.63. The van der Waals surface area contributed by atoms with Crippen molar-refractivity contribution in [2.75, 3.05) is 14.2 Å². The number of carbonyl (C=O) groups is 1. The Hall–Kier alpha value is -1.46. The van der Waals surface area contributed by atoms with Gasteiger partial charge in [-0.15, -0.1) is 12.4 Å². The van der Waals surface area contributed by atoms with Crippen molar-refractivity contribution in [3.63, 3.8) is 0 Å². The lowest BCUT2D eigenvalue weighted by atomic mass is 9.79. The topological polar surface area (TPSA) is 59.6 Å². The van der Waals surface area contributed by atoms with Crippen molar-refractivity contribution >= 4 is 18.3 Å². The van der Waals surface area contributed by atoms with Crippen LogP contribution in [0.3, 0.4) is 0 Å². The van der Waals surface area contributed by atoms with E-state index in [9.17, 15) is 4.79 Å². The molecule has 1 amide bonds. The molecule has 1 aromatic rings. The largest absolute Gasteiger partial charge is 0.497 e. The molecule has 0 unspecified atom stereocenters. The molecule has 24 heavy (non-hydrogen) atoms. The zero-order chi connectivity index (χ0) is 17.3. The van der Waals surface area contributed by atoms with Crippen LogP contribution in [0.5, 0.6) is 11.5 Å². The molecule has 5 nitrogen and oxygen atoms in total. The molecular formula is C18H29ClN2O3. The van der Waals surface area contributed by atoms with E-state index in [1.165, 1.54) is 0 Å². The Morgan fingerprint density at radius 3 is 1.92 bits per heavy atom. The summed E-state index contributed by atoms with van der Waals surface area (Å²) in [5.74, 6) is 1.13. The number of methoxy groups -OCH3 is 2. The Labute approximate surface area is 150 Å². The molecule has 0 saturated carbocycles. The number of ether oxygens (including phenoxy) is 2. The number of amides is 1. The summed E-state index contributed by atoms with van der Waals surface area (Å²) in [6.45, 7) is 8.67. The predicted octanol–water partition coefficient (Wildman–Crippen LogP) is 3.16. The average molecular weight is 357 g/mol. The van der Waals surface area contributed by atoms with Gasteiger partial charge in [-0.2, -0.15) is 0 Å². The zero-order valence-corrected chi connectivity index (χ0v) is 16.2. The Balaban J connectivity index is 0.00000288. The van der Waals surface area contributed by atoms with Crippen LogP contribution in [0.1, 0.15) is 50.9 Å². The Kier molecular flexibility index (Phi) is 6.53. The molecule has 0 atom stereocenters. The number of rotatable bonds is 4.